The topological polar surface area (TPSA) is 70.7 Å². The van der Waals surface area contributed by atoms with Gasteiger partial charge in [-0.2, -0.15) is 10.4 Å². The zero-order valence-electron chi connectivity index (χ0n) is 15.0. The summed E-state index contributed by atoms with van der Waals surface area (Å²) in [6.45, 7) is 1.92. The van der Waals surface area contributed by atoms with Gasteiger partial charge in [-0.3, -0.25) is 4.79 Å². The highest BCUT2D eigenvalue weighted by molar-refractivity contribution is 7.20. The minimum atomic E-state index is -0.741. The van der Waals surface area contributed by atoms with Gasteiger partial charge in [-0.15, -0.1) is 11.3 Å². The van der Waals surface area contributed by atoms with Crippen LogP contribution in [0.1, 0.15) is 47.5 Å². The number of halogens is 1. The molecule has 0 saturated heterocycles. The Hall–Kier alpha value is -2.36. The van der Waals surface area contributed by atoms with Gasteiger partial charge < -0.3 is 5.32 Å². The predicted octanol–water partition coefficient (Wildman–Crippen LogP) is 5.01. The van der Waals surface area contributed by atoms with Gasteiger partial charge in [0, 0.05) is 5.39 Å². The second kappa shape index (κ2) is 6.99. The molecule has 3 aromatic rings. The van der Waals surface area contributed by atoms with E-state index in [1.807, 2.05) is 37.3 Å². The fourth-order valence-electron chi connectivity index (χ4n) is 3.64. The maximum atomic E-state index is 12.9. The maximum Gasteiger partial charge on any atom is 0.262 e. The third-order valence-electron chi connectivity index (χ3n) is 5.12. The van der Waals surface area contributed by atoms with Crippen LogP contribution in [-0.2, 0) is 0 Å². The number of hydrogen-bond donors (Lipinski definition) is 1. The second-order valence-corrected chi connectivity index (χ2v) is 8.42. The summed E-state index contributed by atoms with van der Waals surface area (Å²) in [4.78, 5) is 14.3. The number of aryl methyl sites for hydroxylation is 1. The molecule has 2 heterocycles. The maximum absolute atomic E-state index is 12.9. The number of fused-ring (bicyclic) bond motifs is 1. The Balaban J connectivity index is 1.70. The number of nitrogens with one attached hydrogen (secondary N) is 1. The molecule has 0 bridgehead atoms. The highest BCUT2D eigenvalue weighted by Crippen LogP contribution is 2.33. The van der Waals surface area contributed by atoms with Crippen molar-refractivity contribution in [2.45, 2.75) is 44.6 Å². The van der Waals surface area contributed by atoms with E-state index in [2.05, 4.69) is 16.5 Å². The van der Waals surface area contributed by atoms with Crippen LogP contribution in [0.2, 0.25) is 5.02 Å². The van der Waals surface area contributed by atoms with E-state index < -0.39 is 5.54 Å². The summed E-state index contributed by atoms with van der Waals surface area (Å²) < 4.78 is 1.79. The summed E-state index contributed by atoms with van der Waals surface area (Å²) in [5.74, 6) is -0.190. The van der Waals surface area contributed by atoms with Crippen LogP contribution >= 0.6 is 22.9 Å². The second-order valence-electron chi connectivity index (χ2n) is 6.99. The van der Waals surface area contributed by atoms with Gasteiger partial charge in [0.15, 0.2) is 0 Å². The average molecular weight is 399 g/mol. The quantitative estimate of drug-likeness (QED) is 0.674. The number of carbonyl (C=O) groups is 1. The Bertz CT molecular complexity index is 1060. The average Bonchev–Trinajstić information content (AvgIpc) is 3.24. The summed E-state index contributed by atoms with van der Waals surface area (Å²) >= 11 is 7.71. The van der Waals surface area contributed by atoms with Crippen molar-refractivity contribution in [1.29, 1.82) is 5.26 Å². The molecule has 1 fully saturated rings. The van der Waals surface area contributed by atoms with Crippen LogP contribution in [0.15, 0.2) is 30.3 Å². The first-order valence-corrected chi connectivity index (χ1v) is 10.2. The van der Waals surface area contributed by atoms with E-state index in [0.717, 1.165) is 40.9 Å². The Morgan fingerprint density at radius 1 is 1.33 bits per heavy atom. The number of hydrogen-bond acceptors (Lipinski definition) is 4. The van der Waals surface area contributed by atoms with E-state index in [-0.39, 0.29) is 5.91 Å². The van der Waals surface area contributed by atoms with Crippen molar-refractivity contribution in [3.63, 3.8) is 0 Å². The van der Waals surface area contributed by atoms with Gasteiger partial charge in [0.2, 0.25) is 0 Å². The van der Waals surface area contributed by atoms with Gasteiger partial charge in [-0.1, -0.05) is 43.0 Å². The molecule has 0 radical (unpaired) electrons. The van der Waals surface area contributed by atoms with Crippen molar-refractivity contribution in [2.75, 3.05) is 0 Å². The molecule has 4 rings (SSSR count). The van der Waals surface area contributed by atoms with Crippen molar-refractivity contribution in [2.24, 2.45) is 0 Å². The minimum Gasteiger partial charge on any atom is -0.333 e. The van der Waals surface area contributed by atoms with E-state index in [4.69, 9.17) is 11.6 Å². The van der Waals surface area contributed by atoms with Crippen LogP contribution in [0.4, 0.5) is 0 Å². The van der Waals surface area contributed by atoms with Gasteiger partial charge in [-0.25, -0.2) is 4.68 Å². The van der Waals surface area contributed by atoms with Gasteiger partial charge in [-0.05, 0) is 38.0 Å². The molecular weight excluding hydrogens is 380 g/mol. The van der Waals surface area contributed by atoms with Crippen molar-refractivity contribution < 1.29 is 4.79 Å². The molecule has 2 aromatic heterocycles. The summed E-state index contributed by atoms with van der Waals surface area (Å²) in [7, 11) is 0. The summed E-state index contributed by atoms with van der Waals surface area (Å²) in [6, 6.07) is 11.7. The van der Waals surface area contributed by atoms with E-state index in [1.165, 1.54) is 11.3 Å². The van der Waals surface area contributed by atoms with E-state index in [0.29, 0.717) is 22.7 Å². The van der Waals surface area contributed by atoms with Gasteiger partial charge >= 0.3 is 0 Å². The van der Waals surface area contributed by atoms with Crippen molar-refractivity contribution in [3.05, 3.63) is 45.9 Å². The summed E-state index contributed by atoms with van der Waals surface area (Å²) in [5, 5.41) is 18.7. The van der Waals surface area contributed by atoms with Gasteiger partial charge in [0.1, 0.15) is 10.4 Å². The molecule has 0 spiro atoms. The number of para-hydroxylation sites is 1. The molecule has 1 aromatic carbocycles. The van der Waals surface area contributed by atoms with Crippen LogP contribution < -0.4 is 5.32 Å². The molecule has 1 N–H and O–H groups in total. The van der Waals surface area contributed by atoms with Crippen LogP contribution in [0.5, 0.6) is 0 Å². The molecule has 1 aliphatic rings. The predicted molar refractivity (Wildman–Crippen MR) is 108 cm³/mol. The number of carbonyl (C=O) groups excluding carboxylic acids is 1. The van der Waals surface area contributed by atoms with Crippen LogP contribution in [0, 0.1) is 18.3 Å². The number of benzene rings is 1. The Morgan fingerprint density at radius 2 is 2.07 bits per heavy atom. The number of nitriles is 1. The standard InChI is InChI=1S/C20H19ClN4OS/c1-13-14-11-17(18(26)23-20(12-22)9-5-2-6-10-20)27-19(14)25(24-13)16-8-4-3-7-15(16)21/h3-4,7-8,11H,2,5-6,9-10H2,1H3,(H,23,26). The number of thiophene rings is 1. The molecule has 1 amide bonds. The first kappa shape index (κ1) is 18.0. The number of nitrogens with zero attached hydrogens (tertiary/aromatic N) is 3. The number of amides is 1. The molecule has 1 aliphatic carbocycles. The summed E-state index contributed by atoms with van der Waals surface area (Å²) in [6.07, 6.45) is 4.50. The Kier molecular flexibility index (Phi) is 4.67. The van der Waals surface area contributed by atoms with Crippen LogP contribution in [-0.4, -0.2) is 21.2 Å². The SMILES string of the molecule is Cc1nn(-c2ccccc2Cl)c2sc(C(=O)NC3(C#N)CCCCC3)cc12. The first-order chi connectivity index (χ1) is 13.0. The smallest absolute Gasteiger partial charge is 0.262 e. The monoisotopic (exact) mass is 398 g/mol. The molecule has 5 nitrogen and oxygen atoms in total. The third-order valence-corrected chi connectivity index (χ3v) is 6.55. The normalized spacial score (nSPS) is 16.2. The van der Waals surface area contributed by atoms with Crippen molar-refractivity contribution in [1.82, 2.24) is 15.1 Å². The molecule has 138 valence electrons. The molecule has 7 heteroatoms. The number of rotatable bonds is 3. The fraction of sp³-hybridized carbons (Fsp3) is 0.350. The van der Waals surface area contributed by atoms with E-state index in [1.54, 1.807) is 4.68 Å². The minimum absolute atomic E-state index is 0.190. The lowest BCUT2D eigenvalue weighted by atomic mass is 9.83. The van der Waals surface area contributed by atoms with Crippen LogP contribution in [0.3, 0.4) is 0 Å². The Morgan fingerprint density at radius 3 is 2.78 bits per heavy atom. The number of aromatic nitrogens is 2. The highest BCUT2D eigenvalue weighted by atomic mass is 35.5. The molecule has 1 saturated carbocycles. The highest BCUT2D eigenvalue weighted by Gasteiger charge is 2.34. The molecule has 0 unspecified atom stereocenters. The molecule has 0 aliphatic heterocycles. The lowest BCUT2D eigenvalue weighted by Crippen LogP contribution is -2.48. The summed E-state index contributed by atoms with van der Waals surface area (Å²) in [5.41, 5.74) is 0.884. The van der Waals surface area contributed by atoms with Gasteiger partial charge in [0.05, 0.1) is 27.4 Å². The molecule has 27 heavy (non-hydrogen) atoms. The van der Waals surface area contributed by atoms with Crippen molar-refractivity contribution in [3.8, 4) is 11.8 Å². The van der Waals surface area contributed by atoms with E-state index >= 15 is 0 Å². The Labute approximate surface area is 166 Å². The largest absolute Gasteiger partial charge is 0.333 e. The third kappa shape index (κ3) is 3.22. The van der Waals surface area contributed by atoms with E-state index in [9.17, 15) is 10.1 Å². The van der Waals surface area contributed by atoms with Crippen molar-refractivity contribution >= 4 is 39.1 Å². The zero-order valence-corrected chi connectivity index (χ0v) is 16.5. The van der Waals surface area contributed by atoms with Gasteiger partial charge in [0.25, 0.3) is 5.91 Å². The lowest BCUT2D eigenvalue weighted by molar-refractivity contribution is 0.0907. The molecule has 0 atom stereocenters. The zero-order chi connectivity index (χ0) is 19.0. The first-order valence-electron chi connectivity index (χ1n) is 9.01. The fourth-order valence-corrected chi connectivity index (χ4v) is 4.93. The van der Waals surface area contributed by atoms with Crippen LogP contribution in [0.25, 0.3) is 15.9 Å². The lowest BCUT2D eigenvalue weighted by Gasteiger charge is -2.31. The molecular formula is C20H19ClN4OS.